The van der Waals surface area contributed by atoms with Crippen molar-refractivity contribution < 1.29 is 14.3 Å². The van der Waals surface area contributed by atoms with Gasteiger partial charge in [-0.05, 0) is 55.0 Å². The summed E-state index contributed by atoms with van der Waals surface area (Å²) in [6.45, 7) is 6.94. The lowest BCUT2D eigenvalue weighted by molar-refractivity contribution is -0.135. The lowest BCUT2D eigenvalue weighted by atomic mass is 9.92. The van der Waals surface area contributed by atoms with Crippen molar-refractivity contribution in [2.45, 2.75) is 32.4 Å². The SMILES string of the molecule is COc1ccccc1C(=O)N1CCN(C(=O)CN2CCc3sccc3C2c2ccc(C)cc2)CC1C. The topological polar surface area (TPSA) is 53.1 Å². The maximum atomic E-state index is 13.5. The normalized spacial score (nSPS) is 20.2. The van der Waals surface area contributed by atoms with Gasteiger partial charge in [0.25, 0.3) is 5.91 Å². The summed E-state index contributed by atoms with van der Waals surface area (Å²) in [6.07, 6.45) is 0.972. The van der Waals surface area contributed by atoms with Gasteiger partial charge in [-0.25, -0.2) is 0 Å². The van der Waals surface area contributed by atoms with Gasteiger partial charge in [-0.15, -0.1) is 11.3 Å². The van der Waals surface area contributed by atoms with Gasteiger partial charge in [-0.3, -0.25) is 14.5 Å². The van der Waals surface area contributed by atoms with Gasteiger partial charge in [-0.2, -0.15) is 0 Å². The number of methoxy groups -OCH3 is 1. The first kappa shape index (κ1) is 24.5. The molecule has 2 aromatic carbocycles. The van der Waals surface area contributed by atoms with E-state index in [4.69, 9.17) is 4.74 Å². The molecule has 2 unspecified atom stereocenters. The van der Waals surface area contributed by atoms with Crippen LogP contribution in [0.2, 0.25) is 0 Å². The Balaban J connectivity index is 1.28. The zero-order valence-electron chi connectivity index (χ0n) is 21.1. The number of amides is 2. The summed E-state index contributed by atoms with van der Waals surface area (Å²) >= 11 is 1.81. The number of fused-ring (bicyclic) bond motifs is 1. The van der Waals surface area contributed by atoms with Crippen molar-refractivity contribution in [3.05, 3.63) is 87.1 Å². The fourth-order valence-corrected chi connectivity index (χ4v) is 6.32. The van der Waals surface area contributed by atoms with Gasteiger partial charge in [0.05, 0.1) is 25.3 Å². The highest BCUT2D eigenvalue weighted by atomic mass is 32.1. The third-order valence-corrected chi connectivity index (χ3v) is 8.37. The number of carbonyl (C=O) groups is 2. The second kappa shape index (κ2) is 10.4. The predicted octanol–water partition coefficient (Wildman–Crippen LogP) is 4.39. The van der Waals surface area contributed by atoms with Crippen molar-refractivity contribution in [2.24, 2.45) is 0 Å². The summed E-state index contributed by atoms with van der Waals surface area (Å²) in [6, 6.07) is 18.2. The Morgan fingerprint density at radius 1 is 1.03 bits per heavy atom. The van der Waals surface area contributed by atoms with Crippen molar-refractivity contribution in [3.63, 3.8) is 0 Å². The fraction of sp³-hybridized carbons (Fsp3) is 0.379. The Labute approximate surface area is 217 Å². The zero-order valence-corrected chi connectivity index (χ0v) is 22.0. The number of hydrogen-bond donors (Lipinski definition) is 0. The van der Waals surface area contributed by atoms with Crippen LogP contribution in [0.15, 0.2) is 60.0 Å². The van der Waals surface area contributed by atoms with E-state index in [1.54, 1.807) is 19.2 Å². The van der Waals surface area contributed by atoms with Crippen molar-refractivity contribution in [2.75, 3.05) is 39.8 Å². The van der Waals surface area contributed by atoms with Crippen LogP contribution >= 0.6 is 11.3 Å². The third-order valence-electron chi connectivity index (χ3n) is 7.38. The Bertz CT molecular complexity index is 1240. The van der Waals surface area contributed by atoms with Crippen LogP contribution in [0, 0.1) is 6.92 Å². The minimum atomic E-state index is -0.0714. The van der Waals surface area contributed by atoms with Gasteiger partial charge in [0.1, 0.15) is 5.75 Å². The van der Waals surface area contributed by atoms with Crippen molar-refractivity contribution in [3.8, 4) is 5.75 Å². The van der Waals surface area contributed by atoms with Crippen LogP contribution in [0.1, 0.15) is 44.9 Å². The van der Waals surface area contributed by atoms with Crippen LogP contribution in [-0.4, -0.2) is 72.4 Å². The highest BCUT2D eigenvalue weighted by Crippen LogP contribution is 2.37. The third kappa shape index (κ3) is 4.77. The van der Waals surface area contributed by atoms with Crippen LogP contribution in [-0.2, 0) is 11.2 Å². The first-order valence-corrected chi connectivity index (χ1v) is 13.4. The zero-order chi connectivity index (χ0) is 25.2. The van der Waals surface area contributed by atoms with Gasteiger partial charge in [0, 0.05) is 37.1 Å². The molecule has 2 atom stereocenters. The molecule has 188 valence electrons. The van der Waals surface area contributed by atoms with E-state index in [9.17, 15) is 9.59 Å². The Morgan fingerprint density at radius 3 is 2.56 bits per heavy atom. The molecule has 2 aliphatic rings. The summed E-state index contributed by atoms with van der Waals surface area (Å²) in [5.74, 6) is 0.655. The van der Waals surface area contributed by atoms with E-state index in [0.717, 1.165) is 13.0 Å². The molecule has 2 aliphatic heterocycles. The summed E-state index contributed by atoms with van der Waals surface area (Å²) < 4.78 is 5.39. The number of hydrogen-bond acceptors (Lipinski definition) is 5. The van der Waals surface area contributed by atoms with E-state index in [1.165, 1.54) is 21.6 Å². The smallest absolute Gasteiger partial charge is 0.257 e. The average molecular weight is 504 g/mol. The molecule has 36 heavy (non-hydrogen) atoms. The number of aryl methyl sites for hydroxylation is 1. The van der Waals surface area contributed by atoms with E-state index >= 15 is 0 Å². The number of thiophene rings is 1. The fourth-order valence-electron chi connectivity index (χ4n) is 5.41. The number of piperazine rings is 1. The summed E-state index contributed by atoms with van der Waals surface area (Å²) in [4.78, 5) is 34.3. The molecule has 1 fully saturated rings. The summed E-state index contributed by atoms with van der Waals surface area (Å²) in [7, 11) is 1.58. The van der Waals surface area contributed by atoms with E-state index in [1.807, 2.05) is 40.2 Å². The van der Waals surface area contributed by atoms with Gasteiger partial charge in [0.2, 0.25) is 5.91 Å². The maximum absolute atomic E-state index is 13.5. The number of para-hydroxylation sites is 1. The molecule has 0 saturated carbocycles. The molecule has 3 aromatic rings. The number of carbonyl (C=O) groups excluding carboxylic acids is 2. The van der Waals surface area contributed by atoms with Crippen LogP contribution in [0.4, 0.5) is 0 Å². The predicted molar refractivity (Wildman–Crippen MR) is 143 cm³/mol. The molecule has 5 rings (SSSR count). The molecule has 1 aromatic heterocycles. The first-order chi connectivity index (χ1) is 17.5. The van der Waals surface area contributed by atoms with Gasteiger partial charge >= 0.3 is 0 Å². The molecule has 3 heterocycles. The average Bonchev–Trinajstić information content (AvgIpc) is 3.37. The van der Waals surface area contributed by atoms with E-state index in [-0.39, 0.29) is 23.9 Å². The Morgan fingerprint density at radius 2 is 1.81 bits per heavy atom. The van der Waals surface area contributed by atoms with Gasteiger partial charge in [0.15, 0.2) is 0 Å². The molecule has 0 aliphatic carbocycles. The quantitative estimate of drug-likeness (QED) is 0.518. The highest BCUT2D eigenvalue weighted by molar-refractivity contribution is 7.10. The summed E-state index contributed by atoms with van der Waals surface area (Å²) in [5.41, 5.74) is 4.35. The lowest BCUT2D eigenvalue weighted by Crippen LogP contribution is -2.57. The number of rotatable bonds is 5. The monoisotopic (exact) mass is 503 g/mol. The van der Waals surface area contributed by atoms with Crippen molar-refractivity contribution >= 4 is 23.2 Å². The first-order valence-electron chi connectivity index (χ1n) is 12.5. The Hall–Kier alpha value is -3.16. The highest BCUT2D eigenvalue weighted by Gasteiger charge is 2.35. The van der Waals surface area contributed by atoms with E-state index in [0.29, 0.717) is 37.5 Å². The van der Waals surface area contributed by atoms with Crippen molar-refractivity contribution in [1.82, 2.24) is 14.7 Å². The van der Waals surface area contributed by atoms with Crippen LogP contribution in [0.3, 0.4) is 0 Å². The van der Waals surface area contributed by atoms with Gasteiger partial charge < -0.3 is 14.5 Å². The minimum absolute atomic E-state index is 0.0486. The second-order valence-corrected chi connectivity index (χ2v) is 10.7. The van der Waals surface area contributed by atoms with Crippen LogP contribution < -0.4 is 4.74 Å². The second-order valence-electron chi connectivity index (χ2n) is 9.72. The molecular formula is C29H33N3O3S. The number of ether oxygens (including phenoxy) is 1. The number of benzene rings is 2. The van der Waals surface area contributed by atoms with Gasteiger partial charge in [-0.1, -0.05) is 42.0 Å². The molecule has 1 saturated heterocycles. The molecule has 0 spiro atoms. The van der Waals surface area contributed by atoms with Crippen molar-refractivity contribution in [1.29, 1.82) is 0 Å². The Kier molecular flexibility index (Phi) is 7.12. The largest absolute Gasteiger partial charge is 0.496 e. The maximum Gasteiger partial charge on any atom is 0.257 e. The van der Waals surface area contributed by atoms with E-state index < -0.39 is 0 Å². The molecule has 0 N–H and O–H groups in total. The standard InChI is InChI=1S/C29H33N3O3S/c1-20-8-10-22(11-9-20)28-24-13-17-36-26(24)12-14-31(28)19-27(33)30-15-16-32(21(2)18-30)29(34)23-6-4-5-7-25(23)35-3/h4-11,13,17,21,28H,12,14-16,18-19H2,1-3H3. The molecule has 7 heteroatoms. The van der Waals surface area contributed by atoms with E-state index in [2.05, 4.69) is 47.5 Å². The lowest BCUT2D eigenvalue weighted by Gasteiger charge is -2.42. The van der Waals surface area contributed by atoms with Crippen LogP contribution in [0.25, 0.3) is 0 Å². The molecule has 0 bridgehead atoms. The molecule has 6 nitrogen and oxygen atoms in total. The number of nitrogens with zero attached hydrogens (tertiary/aromatic N) is 3. The summed E-state index contributed by atoms with van der Waals surface area (Å²) in [5, 5.41) is 2.16. The molecule has 0 radical (unpaired) electrons. The minimum Gasteiger partial charge on any atom is -0.496 e. The molecule has 2 amide bonds. The van der Waals surface area contributed by atoms with Crippen LogP contribution in [0.5, 0.6) is 5.75 Å². The molecular weight excluding hydrogens is 470 g/mol.